The Morgan fingerprint density at radius 2 is 1.57 bits per heavy atom. The van der Waals surface area contributed by atoms with Crippen LogP contribution in [0.25, 0.3) is 10.4 Å². The first kappa shape index (κ1) is 29.0. The van der Waals surface area contributed by atoms with Crippen LogP contribution in [0.5, 0.6) is 0 Å². The van der Waals surface area contributed by atoms with Crippen molar-refractivity contribution in [1.82, 2.24) is 0 Å². The van der Waals surface area contributed by atoms with Crippen LogP contribution < -0.4 is 0 Å². The molecular formula is C24H25Cl3N4O6. The van der Waals surface area contributed by atoms with E-state index in [1.54, 1.807) is 0 Å². The number of azide groups is 1. The molecule has 1 saturated heterocycles. The molecular weight excluding hydrogens is 547 g/mol. The average molecular weight is 572 g/mol. The van der Waals surface area contributed by atoms with Crippen molar-refractivity contribution in [3.63, 3.8) is 0 Å². The predicted molar refractivity (Wildman–Crippen MR) is 137 cm³/mol. The summed E-state index contributed by atoms with van der Waals surface area (Å²) in [6.45, 7) is 1.31. The van der Waals surface area contributed by atoms with E-state index in [2.05, 4.69) is 10.0 Å². The van der Waals surface area contributed by atoms with Gasteiger partial charge in [0.2, 0.25) is 12.2 Å². The van der Waals surface area contributed by atoms with Gasteiger partial charge in [-0.05, 0) is 16.7 Å². The highest BCUT2D eigenvalue weighted by Gasteiger charge is 2.50. The number of carbonyl (C=O) groups excluding carboxylic acids is 1. The highest BCUT2D eigenvalue weighted by molar-refractivity contribution is 6.76. The quantitative estimate of drug-likeness (QED) is 0.0762. The molecule has 0 aromatic heterocycles. The standard InChI is InChI=1S/C24H25Cl3N4O6/c1-15(32)33-14-18-20(34-12-16-8-4-2-5-9-16)21(35-13-17-10-6-3-7-11-17)19(30-31-29)22(36-18)37-23(28)24(25,26)27/h2-11,18-22,28H,12-14H2,1H3/t18?,19?,20-,21-,22-/m0/s1. The number of nitrogens with zero attached hydrogens (tertiary/aromatic N) is 3. The Morgan fingerprint density at radius 3 is 2.05 bits per heavy atom. The molecule has 13 heteroatoms. The Kier molecular flexibility index (Phi) is 10.8. The van der Waals surface area contributed by atoms with E-state index in [0.29, 0.717) is 0 Å². The summed E-state index contributed by atoms with van der Waals surface area (Å²) in [6.07, 6.45) is -4.17. The maximum atomic E-state index is 11.6. The van der Waals surface area contributed by atoms with Crippen LogP contribution in [-0.4, -0.2) is 52.9 Å². The lowest BCUT2D eigenvalue weighted by Crippen LogP contribution is -2.61. The molecule has 198 valence electrons. The van der Waals surface area contributed by atoms with Crippen LogP contribution in [-0.2, 0) is 41.7 Å². The number of nitrogens with one attached hydrogen (secondary N) is 1. The van der Waals surface area contributed by atoms with Crippen LogP contribution in [0, 0.1) is 5.41 Å². The molecule has 10 nitrogen and oxygen atoms in total. The zero-order chi connectivity index (χ0) is 26.8. The molecule has 1 aliphatic heterocycles. The van der Waals surface area contributed by atoms with Gasteiger partial charge in [-0.2, -0.15) is 0 Å². The van der Waals surface area contributed by atoms with Crippen LogP contribution in [0.3, 0.4) is 0 Å². The molecule has 2 unspecified atom stereocenters. The smallest absolute Gasteiger partial charge is 0.302 e. The average Bonchev–Trinajstić information content (AvgIpc) is 2.87. The Balaban J connectivity index is 1.95. The largest absolute Gasteiger partial charge is 0.463 e. The lowest BCUT2D eigenvalue weighted by atomic mass is 9.96. The number of esters is 1. The third-order valence-corrected chi connectivity index (χ3v) is 5.83. The normalized spacial score (nSPS) is 23.5. The van der Waals surface area contributed by atoms with Crippen molar-refractivity contribution >= 4 is 46.7 Å². The third-order valence-electron chi connectivity index (χ3n) is 5.31. The molecule has 0 amide bonds. The van der Waals surface area contributed by atoms with Crippen molar-refractivity contribution < 1.29 is 28.5 Å². The second-order valence-corrected chi connectivity index (χ2v) is 10.3. The number of hydrogen-bond acceptors (Lipinski definition) is 8. The minimum absolute atomic E-state index is 0.128. The molecule has 5 atom stereocenters. The zero-order valence-corrected chi connectivity index (χ0v) is 22.0. The number of rotatable bonds is 10. The van der Waals surface area contributed by atoms with Gasteiger partial charge in [-0.1, -0.05) is 101 Å². The Labute approximate surface area is 228 Å². The van der Waals surface area contributed by atoms with Crippen LogP contribution in [0.2, 0.25) is 0 Å². The van der Waals surface area contributed by atoms with Crippen molar-refractivity contribution in [2.75, 3.05) is 6.61 Å². The van der Waals surface area contributed by atoms with Crippen molar-refractivity contribution in [2.45, 2.75) is 54.6 Å². The van der Waals surface area contributed by atoms with Gasteiger partial charge in [0.15, 0.2) is 0 Å². The summed E-state index contributed by atoms with van der Waals surface area (Å²) in [4.78, 5) is 14.5. The molecule has 0 spiro atoms. The first-order valence-corrected chi connectivity index (χ1v) is 12.3. The monoisotopic (exact) mass is 570 g/mol. The summed E-state index contributed by atoms with van der Waals surface area (Å²) in [5, 5.41) is 11.8. The van der Waals surface area contributed by atoms with E-state index < -0.39 is 46.3 Å². The Hall–Kier alpha value is -2.56. The zero-order valence-electron chi connectivity index (χ0n) is 19.7. The van der Waals surface area contributed by atoms with Crippen molar-refractivity contribution in [3.8, 4) is 0 Å². The van der Waals surface area contributed by atoms with E-state index in [-0.39, 0.29) is 19.8 Å². The molecule has 3 rings (SSSR count). The molecule has 0 aliphatic carbocycles. The molecule has 1 heterocycles. The summed E-state index contributed by atoms with van der Waals surface area (Å²) in [7, 11) is 0. The predicted octanol–water partition coefficient (Wildman–Crippen LogP) is 5.49. The van der Waals surface area contributed by atoms with Gasteiger partial charge >= 0.3 is 5.97 Å². The number of carbonyl (C=O) groups is 1. The maximum Gasteiger partial charge on any atom is 0.302 e. The van der Waals surface area contributed by atoms with E-state index in [1.165, 1.54) is 6.92 Å². The second kappa shape index (κ2) is 13.8. The van der Waals surface area contributed by atoms with E-state index >= 15 is 0 Å². The van der Waals surface area contributed by atoms with E-state index in [1.807, 2.05) is 60.7 Å². The molecule has 1 N–H and O–H groups in total. The molecule has 0 bridgehead atoms. The highest BCUT2D eigenvalue weighted by atomic mass is 35.6. The van der Waals surface area contributed by atoms with Crippen LogP contribution in [0.1, 0.15) is 18.1 Å². The van der Waals surface area contributed by atoms with Gasteiger partial charge in [-0.25, -0.2) is 0 Å². The molecule has 2 aromatic rings. The van der Waals surface area contributed by atoms with Crippen LogP contribution in [0.4, 0.5) is 0 Å². The van der Waals surface area contributed by atoms with Gasteiger partial charge in [0.25, 0.3) is 3.79 Å². The van der Waals surface area contributed by atoms with Crippen molar-refractivity contribution in [3.05, 3.63) is 82.2 Å². The minimum Gasteiger partial charge on any atom is -0.463 e. The number of benzene rings is 2. The van der Waals surface area contributed by atoms with Gasteiger partial charge in [0.1, 0.15) is 31.0 Å². The van der Waals surface area contributed by atoms with Gasteiger partial charge in [0.05, 0.1) is 13.2 Å². The van der Waals surface area contributed by atoms with E-state index in [9.17, 15) is 10.3 Å². The molecule has 0 radical (unpaired) electrons. The Morgan fingerprint density at radius 1 is 1.03 bits per heavy atom. The second-order valence-electron chi connectivity index (χ2n) is 8.01. The van der Waals surface area contributed by atoms with Crippen molar-refractivity contribution in [2.24, 2.45) is 5.11 Å². The van der Waals surface area contributed by atoms with Gasteiger partial charge in [-0.3, -0.25) is 10.2 Å². The SMILES string of the molecule is CC(=O)OCC1O[C@@H](OC(=N)C(Cl)(Cl)Cl)C(N=[N+]=[N-])[C@H](OCc2ccccc2)[C@H]1OCc1ccccc1. The summed E-state index contributed by atoms with van der Waals surface area (Å²) in [5.74, 6) is -1.30. The summed E-state index contributed by atoms with van der Waals surface area (Å²) >= 11 is 17.4. The fourth-order valence-corrected chi connectivity index (χ4v) is 3.75. The number of alkyl halides is 3. The third kappa shape index (κ3) is 8.76. The molecule has 1 fully saturated rings. The van der Waals surface area contributed by atoms with Gasteiger partial charge in [-0.15, -0.1) is 0 Å². The Bertz CT molecular complexity index is 1080. The first-order valence-electron chi connectivity index (χ1n) is 11.2. The lowest BCUT2D eigenvalue weighted by Gasteiger charge is -2.44. The maximum absolute atomic E-state index is 11.6. The number of hydrogen-bond donors (Lipinski definition) is 1. The van der Waals surface area contributed by atoms with E-state index in [0.717, 1.165) is 11.1 Å². The summed E-state index contributed by atoms with van der Waals surface area (Å²) in [6, 6.07) is 17.5. The fourth-order valence-electron chi connectivity index (χ4n) is 3.61. The lowest BCUT2D eigenvalue weighted by molar-refractivity contribution is -0.267. The van der Waals surface area contributed by atoms with Gasteiger partial charge in [0, 0.05) is 11.8 Å². The first-order chi connectivity index (χ1) is 17.7. The van der Waals surface area contributed by atoms with Crippen LogP contribution in [0.15, 0.2) is 65.8 Å². The molecule has 2 aromatic carbocycles. The number of halogens is 3. The highest BCUT2D eigenvalue weighted by Crippen LogP contribution is 2.34. The summed E-state index contributed by atoms with van der Waals surface area (Å²) in [5.41, 5.74) is 11.0. The molecule has 0 saturated carbocycles. The van der Waals surface area contributed by atoms with Crippen LogP contribution >= 0.6 is 34.8 Å². The number of ether oxygens (including phenoxy) is 5. The fraction of sp³-hybridized carbons (Fsp3) is 0.417. The topological polar surface area (TPSA) is 136 Å². The van der Waals surface area contributed by atoms with Crippen molar-refractivity contribution in [1.29, 1.82) is 5.41 Å². The summed E-state index contributed by atoms with van der Waals surface area (Å²) < 4.78 is 26.9. The molecule has 1 aliphatic rings. The van der Waals surface area contributed by atoms with E-state index in [4.69, 9.17) is 63.9 Å². The molecule has 37 heavy (non-hydrogen) atoms. The van der Waals surface area contributed by atoms with Gasteiger partial charge < -0.3 is 23.7 Å². The minimum atomic E-state index is -2.20.